The van der Waals surface area contributed by atoms with E-state index in [1.807, 2.05) is 0 Å². The summed E-state index contributed by atoms with van der Waals surface area (Å²) in [6.07, 6.45) is 20.9. The minimum absolute atomic E-state index is 0.000235. The van der Waals surface area contributed by atoms with Crippen molar-refractivity contribution in [1.29, 1.82) is 0 Å². The van der Waals surface area contributed by atoms with E-state index in [9.17, 15) is 20.4 Å². The van der Waals surface area contributed by atoms with E-state index in [2.05, 4.69) is 97.9 Å². The van der Waals surface area contributed by atoms with Crippen LogP contribution in [0.4, 0.5) is 0 Å². The molecular weight excluding hydrogens is 592 g/mol. The van der Waals surface area contributed by atoms with E-state index >= 15 is 0 Å². The average Bonchev–Trinajstić information content (AvgIpc) is 3.08. The van der Waals surface area contributed by atoms with Crippen molar-refractivity contribution in [3.05, 3.63) is 81.5 Å². The molecule has 5 rings (SSSR count). The van der Waals surface area contributed by atoms with Gasteiger partial charge in [-0.15, -0.1) is 0 Å². The number of hydrogen-bond donors (Lipinski definition) is 4. The Morgan fingerprint density at radius 1 is 0.500 bits per heavy atom. The summed E-state index contributed by atoms with van der Waals surface area (Å²) in [5, 5.41) is 48.3. The first-order chi connectivity index (χ1) is 22.9. The van der Waals surface area contributed by atoms with Crippen molar-refractivity contribution in [2.75, 3.05) is 0 Å². The minimum atomic E-state index is -0.656. The van der Waals surface area contributed by atoms with Gasteiger partial charge in [0.15, 0.2) is 0 Å². The van der Waals surface area contributed by atoms with Crippen LogP contribution in [0.3, 0.4) is 0 Å². The maximum absolute atomic E-state index is 12.1. The van der Waals surface area contributed by atoms with Crippen LogP contribution in [-0.4, -0.2) is 44.8 Å². The monoisotopic (exact) mass is 658 g/mol. The average molecular weight is 659 g/mol. The van der Waals surface area contributed by atoms with E-state index in [0.29, 0.717) is 49.4 Å². The number of fused-ring (bicyclic) bond motifs is 8. The summed E-state index contributed by atoms with van der Waals surface area (Å²) in [5.41, 5.74) is 8.26. The third-order valence-electron chi connectivity index (χ3n) is 13.3. The zero-order valence-corrected chi connectivity index (χ0v) is 31.2. The summed E-state index contributed by atoms with van der Waals surface area (Å²) in [6.45, 7) is 18.0. The van der Waals surface area contributed by atoms with E-state index in [4.69, 9.17) is 0 Å². The summed E-state index contributed by atoms with van der Waals surface area (Å²) in [5.74, 6) is 1.07. The van der Waals surface area contributed by atoms with E-state index in [1.165, 1.54) is 22.3 Å². The Bertz CT molecular complexity index is 1370. The Hall–Kier alpha value is -1.98. The highest BCUT2D eigenvalue weighted by Crippen LogP contribution is 2.46. The van der Waals surface area contributed by atoms with Gasteiger partial charge in [-0.2, -0.15) is 0 Å². The molecule has 8 bridgehead atoms. The zero-order chi connectivity index (χ0) is 34.9. The summed E-state index contributed by atoms with van der Waals surface area (Å²) < 4.78 is 0. The molecule has 5 aliphatic rings. The van der Waals surface area contributed by atoms with Crippen LogP contribution in [0.25, 0.3) is 0 Å². The Balaban J connectivity index is 1.65. The second-order valence-electron chi connectivity index (χ2n) is 16.4. The summed E-state index contributed by atoms with van der Waals surface area (Å²) >= 11 is 0. The van der Waals surface area contributed by atoms with Gasteiger partial charge in [-0.1, -0.05) is 103 Å². The second-order valence-corrected chi connectivity index (χ2v) is 16.4. The van der Waals surface area contributed by atoms with Crippen LogP contribution in [0.2, 0.25) is 0 Å². The highest BCUT2D eigenvalue weighted by molar-refractivity contribution is 5.40. The molecule has 48 heavy (non-hydrogen) atoms. The van der Waals surface area contributed by atoms with E-state index in [1.54, 1.807) is 0 Å². The topological polar surface area (TPSA) is 80.9 Å². The van der Waals surface area contributed by atoms with Crippen molar-refractivity contribution in [3.8, 4) is 0 Å². The SMILES string of the molecule is CCC(C)C1=CC2CC3=CC(C(C)CC)=CC(CC4C=C(C(C)CC)C=C(CC5C=C(C(C)CC)CC(CC(=C1)C2O)C5O)C4O)C3O. The van der Waals surface area contributed by atoms with Gasteiger partial charge in [-0.25, -0.2) is 0 Å². The molecule has 13 atom stereocenters. The molecule has 5 aliphatic carbocycles. The van der Waals surface area contributed by atoms with Gasteiger partial charge in [0.05, 0.1) is 24.4 Å². The van der Waals surface area contributed by atoms with Gasteiger partial charge in [0, 0.05) is 23.7 Å². The number of allylic oxidation sites excluding steroid dienone is 7. The number of aliphatic hydroxyl groups excluding tert-OH is 4. The molecule has 1 fully saturated rings. The van der Waals surface area contributed by atoms with Crippen LogP contribution in [0.1, 0.15) is 113 Å². The molecule has 0 saturated heterocycles. The van der Waals surface area contributed by atoms with Crippen LogP contribution in [-0.2, 0) is 0 Å². The van der Waals surface area contributed by atoms with Crippen molar-refractivity contribution >= 4 is 0 Å². The van der Waals surface area contributed by atoms with Crippen LogP contribution >= 0.6 is 0 Å². The van der Waals surface area contributed by atoms with E-state index in [0.717, 1.165) is 48.8 Å². The fourth-order valence-corrected chi connectivity index (χ4v) is 8.99. The predicted molar refractivity (Wildman–Crippen MR) is 199 cm³/mol. The van der Waals surface area contributed by atoms with Crippen LogP contribution in [0.15, 0.2) is 81.5 Å². The molecule has 1 saturated carbocycles. The molecule has 4 N–H and O–H groups in total. The lowest BCUT2D eigenvalue weighted by atomic mass is 9.67. The third kappa shape index (κ3) is 7.83. The normalized spacial score (nSPS) is 36.6. The maximum Gasteiger partial charge on any atom is 0.0819 e. The van der Waals surface area contributed by atoms with Gasteiger partial charge in [0.2, 0.25) is 0 Å². The predicted octanol–water partition coefficient (Wildman–Crippen LogP) is 9.20. The lowest BCUT2D eigenvalue weighted by Crippen LogP contribution is -2.39. The number of hydrogen-bond acceptors (Lipinski definition) is 4. The molecule has 266 valence electrons. The Kier molecular flexibility index (Phi) is 12.4. The quantitative estimate of drug-likeness (QED) is 0.196. The van der Waals surface area contributed by atoms with Gasteiger partial charge in [-0.3, -0.25) is 0 Å². The van der Waals surface area contributed by atoms with Gasteiger partial charge in [-0.05, 0) is 121 Å². The van der Waals surface area contributed by atoms with Crippen molar-refractivity contribution in [2.24, 2.45) is 53.3 Å². The van der Waals surface area contributed by atoms with Crippen molar-refractivity contribution in [3.63, 3.8) is 0 Å². The van der Waals surface area contributed by atoms with Crippen molar-refractivity contribution in [1.82, 2.24) is 0 Å². The molecule has 0 aromatic carbocycles. The maximum atomic E-state index is 12.1. The molecule has 0 heterocycles. The highest BCUT2D eigenvalue weighted by Gasteiger charge is 2.40. The standard InChI is InChI=1S/C44H66O4/c1-9-25(5)29-13-33-21-35-15-30(26(6)10-2)17-37(42(35)46)23-39-19-32(28(8)12-4)20-40(44(39)48)24-38-18-31(27(7)11-3)16-36(43(38)47)22-34(14-29)41(33)45/h13-19,25-28,33,35-36,39-48H,9-12,20-24H2,1-8H3. The molecule has 0 spiro atoms. The lowest BCUT2D eigenvalue weighted by molar-refractivity contribution is 0.0470. The molecule has 4 nitrogen and oxygen atoms in total. The van der Waals surface area contributed by atoms with Crippen LogP contribution in [0.5, 0.6) is 0 Å². The molecule has 4 heteroatoms. The van der Waals surface area contributed by atoms with Gasteiger partial charge in [0.1, 0.15) is 0 Å². The Morgan fingerprint density at radius 3 is 1.35 bits per heavy atom. The molecule has 0 aromatic rings. The molecule has 0 radical (unpaired) electrons. The number of aliphatic hydroxyl groups is 4. The summed E-state index contributed by atoms with van der Waals surface area (Å²) in [6, 6.07) is 0. The molecular formula is C44H66O4. The molecule has 0 amide bonds. The minimum Gasteiger partial charge on any atom is -0.392 e. The first kappa shape index (κ1) is 37.3. The summed E-state index contributed by atoms with van der Waals surface area (Å²) in [7, 11) is 0. The van der Waals surface area contributed by atoms with Crippen molar-refractivity contribution < 1.29 is 20.4 Å². The van der Waals surface area contributed by atoms with E-state index in [-0.39, 0.29) is 29.6 Å². The van der Waals surface area contributed by atoms with E-state index < -0.39 is 24.4 Å². The fraction of sp³-hybridized carbons (Fsp3) is 0.682. The van der Waals surface area contributed by atoms with Gasteiger partial charge < -0.3 is 20.4 Å². The van der Waals surface area contributed by atoms with Gasteiger partial charge in [0.25, 0.3) is 0 Å². The third-order valence-corrected chi connectivity index (χ3v) is 13.3. The smallest absolute Gasteiger partial charge is 0.0819 e. The first-order valence-corrected chi connectivity index (χ1v) is 19.6. The Morgan fingerprint density at radius 2 is 0.896 bits per heavy atom. The lowest BCUT2D eigenvalue weighted by Gasteiger charge is -2.41. The fourth-order valence-electron chi connectivity index (χ4n) is 8.99. The van der Waals surface area contributed by atoms with Crippen LogP contribution < -0.4 is 0 Å². The first-order valence-electron chi connectivity index (χ1n) is 19.6. The zero-order valence-electron chi connectivity index (χ0n) is 31.2. The molecule has 13 unspecified atom stereocenters. The Labute approximate surface area is 292 Å². The van der Waals surface area contributed by atoms with Crippen molar-refractivity contribution in [2.45, 2.75) is 138 Å². The largest absolute Gasteiger partial charge is 0.392 e. The summed E-state index contributed by atoms with van der Waals surface area (Å²) in [4.78, 5) is 0. The van der Waals surface area contributed by atoms with Gasteiger partial charge >= 0.3 is 0 Å². The molecule has 0 aliphatic heterocycles. The molecule has 0 aromatic heterocycles. The van der Waals surface area contributed by atoms with Crippen LogP contribution in [0, 0.1) is 53.3 Å². The number of rotatable bonds is 8. The highest BCUT2D eigenvalue weighted by atomic mass is 16.3. The second kappa shape index (κ2) is 15.9.